The lowest BCUT2D eigenvalue weighted by molar-refractivity contribution is -0.137. The number of piperazine rings is 1. The van der Waals surface area contributed by atoms with Crippen LogP contribution in [0.1, 0.15) is 27.3 Å². The molecule has 4 rings (SSSR count). The van der Waals surface area contributed by atoms with Crippen molar-refractivity contribution in [1.29, 1.82) is 0 Å². The molecule has 1 aliphatic rings. The van der Waals surface area contributed by atoms with Crippen LogP contribution in [0.15, 0.2) is 42.7 Å². The highest BCUT2D eigenvalue weighted by Gasteiger charge is 2.31. The van der Waals surface area contributed by atoms with E-state index in [0.717, 1.165) is 23.5 Å². The molecule has 7 nitrogen and oxygen atoms in total. The summed E-state index contributed by atoms with van der Waals surface area (Å²) in [4.78, 5) is 25.2. The number of rotatable bonds is 3. The van der Waals surface area contributed by atoms with Gasteiger partial charge in [0.25, 0.3) is 5.91 Å². The summed E-state index contributed by atoms with van der Waals surface area (Å²) in [5.41, 5.74) is 1.04. The van der Waals surface area contributed by atoms with Gasteiger partial charge in [-0.15, -0.1) is 0 Å². The van der Waals surface area contributed by atoms with Crippen LogP contribution in [0.2, 0.25) is 0 Å². The van der Waals surface area contributed by atoms with E-state index in [4.69, 9.17) is 0 Å². The van der Waals surface area contributed by atoms with Crippen molar-refractivity contribution in [3.63, 3.8) is 0 Å². The summed E-state index contributed by atoms with van der Waals surface area (Å²) >= 11 is 0. The fraction of sp³-hybridized carbons (Fsp3) is 0.333. The first-order chi connectivity index (χ1) is 14.7. The molecule has 162 valence electrons. The number of nitrogens with zero attached hydrogens (tertiary/aromatic N) is 6. The average molecular weight is 430 g/mol. The molecule has 0 radical (unpaired) electrons. The van der Waals surface area contributed by atoms with Gasteiger partial charge in [0.2, 0.25) is 0 Å². The zero-order chi connectivity index (χ0) is 22.2. The first-order valence-corrected chi connectivity index (χ1v) is 9.79. The third kappa shape index (κ3) is 4.37. The van der Waals surface area contributed by atoms with Crippen molar-refractivity contribution in [3.05, 3.63) is 65.2 Å². The maximum atomic E-state index is 12.9. The minimum Gasteiger partial charge on any atom is -0.352 e. The Morgan fingerprint density at radius 2 is 1.71 bits per heavy atom. The minimum atomic E-state index is -4.48. The molecule has 0 N–H and O–H groups in total. The first-order valence-electron chi connectivity index (χ1n) is 9.79. The van der Waals surface area contributed by atoms with Crippen LogP contribution in [0.3, 0.4) is 0 Å². The number of alkyl halides is 3. The van der Waals surface area contributed by atoms with E-state index in [9.17, 15) is 18.0 Å². The second-order valence-corrected chi connectivity index (χ2v) is 7.43. The van der Waals surface area contributed by atoms with Crippen LogP contribution in [-0.2, 0) is 6.18 Å². The third-order valence-corrected chi connectivity index (χ3v) is 5.16. The summed E-state index contributed by atoms with van der Waals surface area (Å²) in [6.45, 7) is 5.59. The highest BCUT2D eigenvalue weighted by molar-refractivity contribution is 5.94. The predicted molar refractivity (Wildman–Crippen MR) is 108 cm³/mol. The number of carbonyl (C=O) groups is 1. The average Bonchev–Trinajstić information content (AvgIpc) is 3.11. The van der Waals surface area contributed by atoms with Gasteiger partial charge in [-0.25, -0.2) is 9.67 Å². The van der Waals surface area contributed by atoms with Gasteiger partial charge in [-0.1, -0.05) is 6.07 Å². The molecule has 0 unspecified atom stereocenters. The van der Waals surface area contributed by atoms with E-state index in [0.29, 0.717) is 37.8 Å². The van der Waals surface area contributed by atoms with E-state index < -0.39 is 17.6 Å². The summed E-state index contributed by atoms with van der Waals surface area (Å²) in [6.07, 6.45) is -1.19. The number of hydrogen-bond acceptors (Lipinski definition) is 5. The van der Waals surface area contributed by atoms with E-state index in [1.54, 1.807) is 22.0 Å². The van der Waals surface area contributed by atoms with Crippen molar-refractivity contribution in [2.24, 2.45) is 0 Å². The molecule has 0 bridgehead atoms. The Bertz CT molecular complexity index is 1100. The Morgan fingerprint density at radius 3 is 2.35 bits per heavy atom. The van der Waals surface area contributed by atoms with Crippen LogP contribution in [0.25, 0.3) is 5.82 Å². The van der Waals surface area contributed by atoms with Gasteiger partial charge < -0.3 is 9.80 Å². The van der Waals surface area contributed by atoms with Gasteiger partial charge >= 0.3 is 6.18 Å². The Morgan fingerprint density at radius 1 is 1.00 bits per heavy atom. The molecule has 0 aliphatic carbocycles. The summed E-state index contributed by atoms with van der Waals surface area (Å²) in [5.74, 6) is 0.856. The molecule has 3 aromatic rings. The number of carbonyl (C=O) groups excluding carboxylic acids is 1. The van der Waals surface area contributed by atoms with Crippen molar-refractivity contribution in [1.82, 2.24) is 24.6 Å². The van der Waals surface area contributed by atoms with Crippen LogP contribution in [0, 0.1) is 13.8 Å². The normalized spacial score (nSPS) is 14.7. The second kappa shape index (κ2) is 8.01. The van der Waals surface area contributed by atoms with Gasteiger partial charge in [0.15, 0.2) is 5.82 Å². The largest absolute Gasteiger partial charge is 0.416 e. The number of aryl methyl sites for hydroxylation is 2. The Hall–Kier alpha value is -3.43. The SMILES string of the molecule is Cc1cc(C)n(-c2cncc(N3CCN(C(=O)c4cccc(C(F)(F)F)c4)CC3)n2)n1. The molecule has 0 spiro atoms. The molecule has 2 aromatic heterocycles. The second-order valence-electron chi connectivity index (χ2n) is 7.43. The number of amides is 1. The molecule has 1 saturated heterocycles. The van der Waals surface area contributed by atoms with E-state index in [1.807, 2.05) is 24.8 Å². The van der Waals surface area contributed by atoms with Crippen molar-refractivity contribution >= 4 is 11.7 Å². The van der Waals surface area contributed by atoms with E-state index >= 15 is 0 Å². The molecule has 1 fully saturated rings. The van der Waals surface area contributed by atoms with Crippen molar-refractivity contribution < 1.29 is 18.0 Å². The molecule has 1 aliphatic heterocycles. The zero-order valence-corrected chi connectivity index (χ0v) is 17.1. The van der Waals surface area contributed by atoms with Crippen molar-refractivity contribution in [3.8, 4) is 5.82 Å². The van der Waals surface area contributed by atoms with E-state index in [1.165, 1.54) is 12.1 Å². The van der Waals surface area contributed by atoms with E-state index in [-0.39, 0.29) is 5.56 Å². The van der Waals surface area contributed by atoms with Crippen molar-refractivity contribution in [2.75, 3.05) is 31.1 Å². The number of aromatic nitrogens is 4. The lowest BCUT2D eigenvalue weighted by Crippen LogP contribution is -2.49. The maximum absolute atomic E-state index is 12.9. The fourth-order valence-corrected chi connectivity index (χ4v) is 3.61. The summed E-state index contributed by atoms with van der Waals surface area (Å²) < 4.78 is 40.6. The van der Waals surface area contributed by atoms with Crippen LogP contribution in [0.5, 0.6) is 0 Å². The Kier molecular flexibility index (Phi) is 5.38. The summed E-state index contributed by atoms with van der Waals surface area (Å²) in [5, 5.41) is 4.42. The Labute approximate surface area is 177 Å². The molecular formula is C21H21F3N6O. The monoisotopic (exact) mass is 430 g/mol. The van der Waals surface area contributed by atoms with Gasteiger partial charge in [-0.2, -0.15) is 18.3 Å². The topological polar surface area (TPSA) is 67.2 Å². The number of hydrogen-bond donors (Lipinski definition) is 0. The summed E-state index contributed by atoms with van der Waals surface area (Å²) in [7, 11) is 0. The van der Waals surface area contributed by atoms with Crippen LogP contribution < -0.4 is 4.90 Å². The highest BCUT2D eigenvalue weighted by Crippen LogP contribution is 2.30. The first kappa shape index (κ1) is 20.8. The third-order valence-electron chi connectivity index (χ3n) is 5.16. The lowest BCUT2D eigenvalue weighted by atomic mass is 10.1. The standard InChI is InChI=1S/C21H21F3N6O/c1-14-10-15(2)30(27-14)19-13-25-12-18(26-19)28-6-8-29(9-7-28)20(31)16-4-3-5-17(11-16)21(22,23)24/h3-5,10-13H,6-9H2,1-2H3. The van der Waals surface area contributed by atoms with Gasteiger partial charge in [0.1, 0.15) is 5.82 Å². The van der Waals surface area contributed by atoms with Gasteiger partial charge in [-0.05, 0) is 38.1 Å². The molecule has 1 amide bonds. The smallest absolute Gasteiger partial charge is 0.352 e. The lowest BCUT2D eigenvalue weighted by Gasteiger charge is -2.35. The number of benzene rings is 1. The zero-order valence-electron chi connectivity index (χ0n) is 17.1. The van der Waals surface area contributed by atoms with Gasteiger partial charge in [0, 0.05) is 37.4 Å². The van der Waals surface area contributed by atoms with Crippen LogP contribution in [-0.4, -0.2) is 56.7 Å². The molecular weight excluding hydrogens is 409 g/mol. The molecule has 0 atom stereocenters. The number of halogens is 3. The number of anilines is 1. The fourth-order valence-electron chi connectivity index (χ4n) is 3.61. The molecule has 3 heterocycles. The molecule has 10 heteroatoms. The molecule has 0 saturated carbocycles. The van der Waals surface area contributed by atoms with Crippen LogP contribution in [0.4, 0.5) is 19.0 Å². The minimum absolute atomic E-state index is 0.0367. The van der Waals surface area contributed by atoms with Crippen LogP contribution >= 0.6 is 0 Å². The van der Waals surface area contributed by atoms with E-state index in [2.05, 4.69) is 15.1 Å². The quantitative estimate of drug-likeness (QED) is 0.638. The molecule has 1 aromatic carbocycles. The summed E-state index contributed by atoms with van der Waals surface area (Å²) in [6, 6.07) is 6.48. The highest BCUT2D eigenvalue weighted by atomic mass is 19.4. The van der Waals surface area contributed by atoms with Gasteiger partial charge in [-0.3, -0.25) is 9.78 Å². The van der Waals surface area contributed by atoms with Gasteiger partial charge in [0.05, 0.1) is 23.7 Å². The van der Waals surface area contributed by atoms with Crippen molar-refractivity contribution in [2.45, 2.75) is 20.0 Å². The molecule has 31 heavy (non-hydrogen) atoms. The Balaban J connectivity index is 1.45. The predicted octanol–water partition coefficient (Wildman–Crippen LogP) is 3.26. The maximum Gasteiger partial charge on any atom is 0.416 e.